The van der Waals surface area contributed by atoms with Crippen molar-refractivity contribution in [2.45, 2.75) is 51.8 Å². The number of hydrogen-bond acceptors (Lipinski definition) is 0. The minimum Gasteiger partial charge on any atom is -0.123 e. The lowest BCUT2D eigenvalue weighted by Crippen LogP contribution is -2.06. The van der Waals surface area contributed by atoms with Gasteiger partial charge in [0.1, 0.15) is 0 Å². The molecule has 0 saturated heterocycles. The van der Waals surface area contributed by atoms with Gasteiger partial charge in [-0.25, -0.2) is 0 Å². The predicted molar refractivity (Wildman–Crippen MR) is 58.8 cm³/mol. The van der Waals surface area contributed by atoms with Crippen LogP contribution in [0.3, 0.4) is 0 Å². The number of hydrogen-bond donors (Lipinski definition) is 0. The van der Waals surface area contributed by atoms with E-state index in [0.717, 1.165) is 6.42 Å². The third-order valence-corrected chi connectivity index (χ3v) is 2.97. The van der Waals surface area contributed by atoms with Gasteiger partial charge in [0.25, 0.3) is 0 Å². The maximum Gasteiger partial charge on any atom is 0.0373 e. The normalized spacial score (nSPS) is 28.3. The van der Waals surface area contributed by atoms with E-state index < -0.39 is 0 Å². The monoisotopic (exact) mass is 198 g/mol. The molecule has 0 aromatic rings. The van der Waals surface area contributed by atoms with E-state index >= 15 is 0 Å². The molecule has 13 heavy (non-hydrogen) atoms. The fourth-order valence-electron chi connectivity index (χ4n) is 1.67. The summed E-state index contributed by atoms with van der Waals surface area (Å²) in [5, 5.41) is 0.384. The van der Waals surface area contributed by atoms with E-state index in [4.69, 9.17) is 11.6 Å². The average molecular weight is 199 g/mol. The highest BCUT2D eigenvalue weighted by atomic mass is 35.5. The molecule has 0 nitrogen and oxygen atoms in total. The Bertz CT molecular complexity index is 214. The smallest absolute Gasteiger partial charge is 0.0373 e. The largest absolute Gasteiger partial charge is 0.123 e. The van der Waals surface area contributed by atoms with E-state index in [1.165, 1.54) is 19.3 Å². The molecule has 0 spiro atoms. The Labute approximate surface area is 87.1 Å². The van der Waals surface area contributed by atoms with Gasteiger partial charge in [-0.1, -0.05) is 12.3 Å². The third-order valence-electron chi connectivity index (χ3n) is 2.39. The number of halogens is 1. The van der Waals surface area contributed by atoms with Gasteiger partial charge in [0, 0.05) is 17.2 Å². The lowest BCUT2D eigenvalue weighted by atomic mass is 9.96. The van der Waals surface area contributed by atoms with Gasteiger partial charge in [0.15, 0.2) is 0 Å². The summed E-state index contributed by atoms with van der Waals surface area (Å²) in [4.78, 5) is 0. The minimum atomic E-state index is 0.139. The maximum absolute atomic E-state index is 6.16. The van der Waals surface area contributed by atoms with Crippen molar-refractivity contribution >= 4 is 11.6 Å². The highest BCUT2D eigenvalue weighted by Gasteiger charge is 2.24. The first-order chi connectivity index (χ1) is 5.99. The summed E-state index contributed by atoms with van der Waals surface area (Å²) in [6.07, 6.45) is 4.73. The van der Waals surface area contributed by atoms with Crippen LogP contribution in [0.1, 0.15) is 46.5 Å². The van der Waals surface area contributed by atoms with Gasteiger partial charge in [0.05, 0.1) is 0 Å². The van der Waals surface area contributed by atoms with Crippen LogP contribution in [-0.4, -0.2) is 5.38 Å². The van der Waals surface area contributed by atoms with Crippen LogP contribution < -0.4 is 0 Å². The SMILES string of the molecule is CC(C)(C)C#CCC1CCCC1Cl. The molecular formula is C12H19Cl. The topological polar surface area (TPSA) is 0 Å². The summed E-state index contributed by atoms with van der Waals surface area (Å²) in [5.74, 6) is 7.17. The molecule has 0 bridgehead atoms. The van der Waals surface area contributed by atoms with Crippen LogP contribution in [0.2, 0.25) is 0 Å². The fraction of sp³-hybridized carbons (Fsp3) is 0.833. The molecule has 1 aliphatic rings. The van der Waals surface area contributed by atoms with Crippen molar-refractivity contribution < 1.29 is 0 Å². The number of rotatable bonds is 1. The first-order valence-electron chi connectivity index (χ1n) is 5.13. The zero-order valence-corrected chi connectivity index (χ0v) is 9.62. The summed E-state index contributed by atoms with van der Waals surface area (Å²) in [7, 11) is 0. The van der Waals surface area contributed by atoms with Gasteiger partial charge in [-0.05, 0) is 39.5 Å². The Hall–Kier alpha value is -0.150. The first-order valence-corrected chi connectivity index (χ1v) is 5.57. The van der Waals surface area contributed by atoms with E-state index in [1.54, 1.807) is 0 Å². The highest BCUT2D eigenvalue weighted by Crippen LogP contribution is 2.32. The van der Waals surface area contributed by atoms with Crippen LogP contribution in [-0.2, 0) is 0 Å². The molecular weight excluding hydrogens is 180 g/mol. The van der Waals surface area contributed by atoms with Crippen LogP contribution in [0.25, 0.3) is 0 Å². The summed E-state index contributed by atoms with van der Waals surface area (Å²) in [5.41, 5.74) is 0.139. The molecule has 74 valence electrons. The summed E-state index contributed by atoms with van der Waals surface area (Å²) in [6, 6.07) is 0. The second-order valence-corrected chi connectivity index (χ2v) is 5.52. The highest BCUT2D eigenvalue weighted by molar-refractivity contribution is 6.20. The van der Waals surface area contributed by atoms with Crippen molar-refractivity contribution in [3.8, 4) is 11.8 Å². The van der Waals surface area contributed by atoms with E-state index in [-0.39, 0.29) is 5.41 Å². The first kappa shape index (κ1) is 10.9. The van der Waals surface area contributed by atoms with Gasteiger partial charge in [-0.3, -0.25) is 0 Å². The molecule has 1 rings (SSSR count). The summed E-state index contributed by atoms with van der Waals surface area (Å²) in [6.45, 7) is 6.44. The molecule has 0 heterocycles. The fourth-order valence-corrected chi connectivity index (χ4v) is 2.04. The molecule has 0 aliphatic heterocycles. The molecule has 1 aliphatic carbocycles. The van der Waals surface area contributed by atoms with Crippen LogP contribution >= 0.6 is 11.6 Å². The third kappa shape index (κ3) is 4.05. The van der Waals surface area contributed by atoms with Crippen molar-refractivity contribution in [1.29, 1.82) is 0 Å². The van der Waals surface area contributed by atoms with Gasteiger partial charge in [-0.2, -0.15) is 0 Å². The summed E-state index contributed by atoms with van der Waals surface area (Å²) < 4.78 is 0. The molecule has 0 aromatic heterocycles. The molecule has 1 fully saturated rings. The minimum absolute atomic E-state index is 0.139. The lowest BCUT2D eigenvalue weighted by molar-refractivity contribution is 0.556. The molecule has 0 radical (unpaired) electrons. The van der Waals surface area contributed by atoms with E-state index in [0.29, 0.717) is 11.3 Å². The van der Waals surface area contributed by atoms with Crippen LogP contribution in [0.15, 0.2) is 0 Å². The van der Waals surface area contributed by atoms with Gasteiger partial charge >= 0.3 is 0 Å². The molecule has 1 heteroatoms. The van der Waals surface area contributed by atoms with Crippen molar-refractivity contribution in [1.82, 2.24) is 0 Å². The molecule has 2 unspecified atom stereocenters. The van der Waals surface area contributed by atoms with Crippen LogP contribution in [0, 0.1) is 23.2 Å². The Balaban J connectivity index is 2.36. The average Bonchev–Trinajstić information content (AvgIpc) is 2.34. The lowest BCUT2D eigenvalue weighted by Gasteiger charge is -2.10. The van der Waals surface area contributed by atoms with Gasteiger partial charge in [-0.15, -0.1) is 17.5 Å². The predicted octanol–water partition coefficient (Wildman–Crippen LogP) is 3.83. The zero-order valence-electron chi connectivity index (χ0n) is 8.86. The van der Waals surface area contributed by atoms with E-state index in [2.05, 4.69) is 32.6 Å². The number of alkyl halides is 1. The van der Waals surface area contributed by atoms with Crippen LogP contribution in [0.5, 0.6) is 0 Å². The maximum atomic E-state index is 6.16. The van der Waals surface area contributed by atoms with Crippen molar-refractivity contribution in [3.63, 3.8) is 0 Å². The standard InChI is InChI=1S/C12H19Cl/c1-12(2,3)9-5-7-10-6-4-8-11(10)13/h10-11H,4,6-8H2,1-3H3. The second-order valence-electron chi connectivity index (χ2n) is 4.96. The molecule has 2 atom stereocenters. The van der Waals surface area contributed by atoms with Crippen molar-refractivity contribution in [3.05, 3.63) is 0 Å². The second kappa shape index (κ2) is 4.38. The molecule has 0 N–H and O–H groups in total. The van der Waals surface area contributed by atoms with Gasteiger partial charge in [0.2, 0.25) is 0 Å². The quantitative estimate of drug-likeness (QED) is 0.444. The van der Waals surface area contributed by atoms with Crippen molar-refractivity contribution in [2.75, 3.05) is 0 Å². The van der Waals surface area contributed by atoms with Gasteiger partial charge < -0.3 is 0 Å². The van der Waals surface area contributed by atoms with E-state index in [9.17, 15) is 0 Å². The molecule has 1 saturated carbocycles. The Morgan fingerprint density at radius 3 is 2.46 bits per heavy atom. The molecule has 0 amide bonds. The Morgan fingerprint density at radius 1 is 1.31 bits per heavy atom. The van der Waals surface area contributed by atoms with E-state index in [1.807, 2.05) is 0 Å². The van der Waals surface area contributed by atoms with Crippen molar-refractivity contribution in [2.24, 2.45) is 11.3 Å². The Morgan fingerprint density at radius 2 is 2.00 bits per heavy atom. The van der Waals surface area contributed by atoms with Crippen LogP contribution in [0.4, 0.5) is 0 Å². The zero-order chi connectivity index (χ0) is 9.90. The Kier molecular flexibility index (Phi) is 3.68. The molecule has 0 aromatic carbocycles. The summed E-state index contributed by atoms with van der Waals surface area (Å²) >= 11 is 6.16.